The average molecular weight is 529 g/mol. The first-order valence-corrected chi connectivity index (χ1v) is 12.5. The van der Waals surface area contributed by atoms with E-state index in [0.29, 0.717) is 28.9 Å². The van der Waals surface area contributed by atoms with E-state index in [4.69, 9.17) is 16.6 Å². The van der Waals surface area contributed by atoms with Gasteiger partial charge in [0.1, 0.15) is 5.56 Å². The molecule has 0 unspecified atom stereocenters. The number of imidazole rings is 1. The Morgan fingerprint density at radius 3 is 2.61 bits per heavy atom. The van der Waals surface area contributed by atoms with Crippen molar-refractivity contribution in [1.82, 2.24) is 35.0 Å². The van der Waals surface area contributed by atoms with Crippen LogP contribution in [0.4, 0.5) is 29.1 Å². The Kier molecular flexibility index (Phi) is 6.26. The summed E-state index contributed by atoms with van der Waals surface area (Å²) in [7, 11) is 1.96. The number of carbonyl (C=O) groups excluding carboxylic acids is 1. The Morgan fingerprint density at radius 2 is 1.84 bits per heavy atom. The van der Waals surface area contributed by atoms with E-state index in [1.807, 2.05) is 54.1 Å². The fraction of sp³-hybridized carbons (Fsp3) is 0.192. The minimum Gasteiger partial charge on any atom is -0.352 e. The largest absolute Gasteiger partial charge is 0.352 e. The maximum Gasteiger partial charge on any atom is 0.256 e. The number of carbonyl (C=O) groups is 1. The molecule has 3 heterocycles. The number of aromatic amines is 1. The molecule has 1 saturated carbocycles. The van der Waals surface area contributed by atoms with Crippen LogP contribution in [0.2, 0.25) is 5.02 Å². The Bertz CT molecular complexity index is 1590. The van der Waals surface area contributed by atoms with E-state index >= 15 is 0 Å². The smallest absolute Gasteiger partial charge is 0.256 e. The van der Waals surface area contributed by atoms with Gasteiger partial charge in [0.25, 0.3) is 5.91 Å². The number of nitrogens with zero attached hydrogens (tertiary/aromatic N) is 5. The molecule has 1 aliphatic rings. The van der Waals surface area contributed by atoms with Crippen molar-refractivity contribution >= 4 is 57.6 Å². The second-order valence-electron chi connectivity index (χ2n) is 9.12. The summed E-state index contributed by atoms with van der Waals surface area (Å²) in [6.45, 7) is 0.604. The normalized spacial score (nSPS) is 12.9. The van der Waals surface area contributed by atoms with Crippen LogP contribution in [-0.2, 0) is 13.6 Å². The number of H-pyrrole nitrogens is 1. The number of benzene rings is 2. The molecule has 0 radical (unpaired) electrons. The van der Waals surface area contributed by atoms with Gasteiger partial charge in [-0.1, -0.05) is 23.7 Å². The van der Waals surface area contributed by atoms with Crippen LogP contribution < -0.4 is 21.3 Å². The number of amides is 1. The minimum absolute atomic E-state index is 0.126. The first-order chi connectivity index (χ1) is 18.5. The zero-order valence-electron chi connectivity index (χ0n) is 20.5. The van der Waals surface area contributed by atoms with Gasteiger partial charge >= 0.3 is 0 Å². The highest BCUT2D eigenvalue weighted by atomic mass is 35.5. The summed E-state index contributed by atoms with van der Waals surface area (Å²) in [5, 5.41) is 20.3. The van der Waals surface area contributed by atoms with E-state index in [1.165, 1.54) is 0 Å². The van der Waals surface area contributed by atoms with Crippen molar-refractivity contribution in [3.8, 4) is 0 Å². The SMILES string of the molecule is Cn1c(NCc2ccc(Nc3ncc(Cl)cn3)cc2)nc2ccc(Nc3n[nH]cc3C(=O)NC3CC3)cc21. The molecule has 1 fully saturated rings. The van der Waals surface area contributed by atoms with Gasteiger partial charge in [-0.05, 0) is 48.7 Å². The number of hydrogen-bond donors (Lipinski definition) is 5. The topological polar surface area (TPSA) is 137 Å². The quantitative estimate of drug-likeness (QED) is 0.185. The number of anilines is 5. The number of aromatic nitrogens is 6. The fourth-order valence-electron chi connectivity index (χ4n) is 4.00. The standard InChI is InChI=1S/C26H25ClN10O/c1-37-22-10-19(32-23-20(14-31-36-23)24(38)33-17-6-7-17)8-9-21(22)35-26(37)30-11-15-2-4-18(5-3-15)34-25-28-12-16(27)13-29-25/h2-5,8-10,12-14,17H,6-7,11H2,1H3,(H,30,35)(H,33,38)(H,28,29,34)(H2,31,32,36). The summed E-state index contributed by atoms with van der Waals surface area (Å²) in [4.78, 5) is 25.5. The summed E-state index contributed by atoms with van der Waals surface area (Å²) in [6.07, 6.45) is 6.77. The maximum atomic E-state index is 12.5. The van der Waals surface area contributed by atoms with E-state index in [1.54, 1.807) is 18.6 Å². The summed E-state index contributed by atoms with van der Waals surface area (Å²) in [5.41, 5.74) is 5.08. The van der Waals surface area contributed by atoms with Crippen LogP contribution in [0, 0.1) is 0 Å². The first kappa shape index (κ1) is 23.7. The predicted molar refractivity (Wildman–Crippen MR) is 147 cm³/mol. The van der Waals surface area contributed by atoms with Crippen molar-refractivity contribution in [1.29, 1.82) is 0 Å². The molecule has 6 rings (SSSR count). The Morgan fingerprint density at radius 1 is 1.08 bits per heavy atom. The summed E-state index contributed by atoms with van der Waals surface area (Å²) in [6, 6.07) is 14.1. The lowest BCUT2D eigenvalue weighted by molar-refractivity contribution is 0.0952. The van der Waals surface area contributed by atoms with Gasteiger partial charge in [-0.3, -0.25) is 9.89 Å². The van der Waals surface area contributed by atoms with Gasteiger partial charge < -0.3 is 25.8 Å². The molecular weight excluding hydrogens is 504 g/mol. The van der Waals surface area contributed by atoms with Crippen LogP contribution in [0.15, 0.2) is 61.1 Å². The lowest BCUT2D eigenvalue weighted by atomic mass is 10.2. The highest BCUT2D eigenvalue weighted by Crippen LogP contribution is 2.26. The molecule has 3 aromatic heterocycles. The molecule has 0 spiro atoms. The second kappa shape index (κ2) is 10.0. The molecule has 0 bridgehead atoms. The molecule has 0 atom stereocenters. The number of hydrogen-bond acceptors (Lipinski definition) is 8. The van der Waals surface area contributed by atoms with Gasteiger partial charge in [-0.2, -0.15) is 5.10 Å². The van der Waals surface area contributed by atoms with Crippen LogP contribution in [0.1, 0.15) is 28.8 Å². The predicted octanol–water partition coefficient (Wildman–Crippen LogP) is 4.73. The zero-order valence-corrected chi connectivity index (χ0v) is 21.3. The monoisotopic (exact) mass is 528 g/mol. The Balaban J connectivity index is 1.11. The van der Waals surface area contributed by atoms with Crippen molar-refractivity contribution in [3.05, 3.63) is 77.2 Å². The van der Waals surface area contributed by atoms with Crippen LogP contribution in [0.3, 0.4) is 0 Å². The zero-order chi connectivity index (χ0) is 26.1. The van der Waals surface area contributed by atoms with E-state index in [0.717, 1.165) is 46.8 Å². The van der Waals surface area contributed by atoms with Gasteiger partial charge in [0.15, 0.2) is 5.82 Å². The molecule has 5 N–H and O–H groups in total. The van der Waals surface area contributed by atoms with E-state index < -0.39 is 0 Å². The number of halogens is 1. The third kappa shape index (κ3) is 5.23. The molecule has 192 valence electrons. The molecule has 2 aromatic carbocycles. The molecule has 38 heavy (non-hydrogen) atoms. The third-order valence-corrected chi connectivity index (χ3v) is 6.42. The van der Waals surface area contributed by atoms with Crippen molar-refractivity contribution in [2.45, 2.75) is 25.4 Å². The van der Waals surface area contributed by atoms with Crippen LogP contribution >= 0.6 is 11.6 Å². The fourth-order valence-corrected chi connectivity index (χ4v) is 4.10. The molecular formula is C26H25ClN10O. The Hall–Kier alpha value is -4.64. The van der Waals surface area contributed by atoms with Crippen LogP contribution in [0.5, 0.6) is 0 Å². The summed E-state index contributed by atoms with van der Waals surface area (Å²) in [5.74, 6) is 1.60. The lowest BCUT2D eigenvalue weighted by Crippen LogP contribution is -2.25. The van der Waals surface area contributed by atoms with Gasteiger partial charge in [0, 0.05) is 37.2 Å². The van der Waals surface area contributed by atoms with E-state index in [2.05, 4.69) is 41.4 Å². The number of fused-ring (bicyclic) bond motifs is 1. The second-order valence-corrected chi connectivity index (χ2v) is 9.55. The maximum absolute atomic E-state index is 12.5. The van der Waals surface area contributed by atoms with Crippen LogP contribution in [0.25, 0.3) is 11.0 Å². The minimum atomic E-state index is -0.126. The molecule has 12 heteroatoms. The number of aryl methyl sites for hydroxylation is 1. The van der Waals surface area contributed by atoms with E-state index in [9.17, 15) is 4.79 Å². The first-order valence-electron chi connectivity index (χ1n) is 12.2. The van der Waals surface area contributed by atoms with Gasteiger partial charge in [-0.15, -0.1) is 0 Å². The van der Waals surface area contributed by atoms with Gasteiger partial charge in [0.2, 0.25) is 11.9 Å². The van der Waals surface area contributed by atoms with Crippen LogP contribution in [-0.4, -0.2) is 41.7 Å². The van der Waals surface area contributed by atoms with Crippen molar-refractivity contribution < 1.29 is 4.79 Å². The van der Waals surface area contributed by atoms with Crippen molar-refractivity contribution in [2.75, 3.05) is 16.0 Å². The summed E-state index contributed by atoms with van der Waals surface area (Å²) < 4.78 is 2.00. The molecule has 11 nitrogen and oxygen atoms in total. The number of nitrogens with one attached hydrogen (secondary N) is 5. The molecule has 5 aromatic rings. The van der Waals surface area contributed by atoms with Crippen molar-refractivity contribution in [3.63, 3.8) is 0 Å². The summed E-state index contributed by atoms with van der Waals surface area (Å²) >= 11 is 5.84. The van der Waals surface area contributed by atoms with E-state index in [-0.39, 0.29) is 11.9 Å². The molecule has 0 saturated heterocycles. The highest BCUT2D eigenvalue weighted by molar-refractivity contribution is 6.30. The molecule has 0 aliphatic heterocycles. The third-order valence-electron chi connectivity index (χ3n) is 6.22. The molecule has 1 aliphatic carbocycles. The molecule has 1 amide bonds. The number of rotatable bonds is 9. The lowest BCUT2D eigenvalue weighted by Gasteiger charge is -2.09. The average Bonchev–Trinajstić information content (AvgIpc) is 3.52. The highest BCUT2D eigenvalue weighted by Gasteiger charge is 2.25. The van der Waals surface area contributed by atoms with Gasteiger partial charge in [-0.25, -0.2) is 15.0 Å². The van der Waals surface area contributed by atoms with Crippen molar-refractivity contribution in [2.24, 2.45) is 7.05 Å². The van der Waals surface area contributed by atoms with Gasteiger partial charge in [0.05, 0.1) is 28.4 Å². The Labute approximate surface area is 223 Å².